The zero-order valence-electron chi connectivity index (χ0n) is 12.5. The molecule has 1 aliphatic heterocycles. The van der Waals surface area contributed by atoms with E-state index in [1.54, 1.807) is 0 Å². The molecule has 24 heavy (non-hydrogen) atoms. The Hall–Kier alpha value is -2.29. The molecule has 1 fully saturated rings. The Morgan fingerprint density at radius 2 is 2.12 bits per heavy atom. The number of amides is 1. The van der Waals surface area contributed by atoms with E-state index in [1.807, 2.05) is 0 Å². The number of benzene rings is 1. The van der Waals surface area contributed by atoms with Crippen LogP contribution >= 0.6 is 0 Å². The lowest BCUT2D eigenvalue weighted by Gasteiger charge is -2.28. The third kappa shape index (κ3) is 5.12. The van der Waals surface area contributed by atoms with E-state index >= 15 is 0 Å². The highest BCUT2D eigenvalue weighted by Crippen LogP contribution is 2.24. The molecule has 2 atom stereocenters. The maximum atomic E-state index is 12.2. The number of ether oxygens (including phenoxy) is 2. The molecule has 2 rings (SSSR count). The van der Waals surface area contributed by atoms with Crippen LogP contribution in [0.1, 0.15) is 23.2 Å². The Bertz CT molecular complexity index is 599. The van der Waals surface area contributed by atoms with Crippen molar-refractivity contribution in [2.75, 3.05) is 13.2 Å². The predicted molar refractivity (Wildman–Crippen MR) is 75.6 cm³/mol. The first-order chi connectivity index (χ1) is 11.3. The minimum Gasteiger partial charge on any atom is -0.480 e. The van der Waals surface area contributed by atoms with Crippen LogP contribution in [0, 0.1) is 5.92 Å². The van der Waals surface area contributed by atoms with Gasteiger partial charge in [0.15, 0.2) is 0 Å². The Morgan fingerprint density at radius 1 is 1.38 bits per heavy atom. The lowest BCUT2D eigenvalue weighted by Crippen LogP contribution is -2.48. The Balaban J connectivity index is 2.09. The van der Waals surface area contributed by atoms with Gasteiger partial charge in [0.25, 0.3) is 5.91 Å². The van der Waals surface area contributed by atoms with Crippen molar-refractivity contribution >= 4 is 11.9 Å². The Kier molecular flexibility index (Phi) is 5.66. The molecule has 0 bridgehead atoms. The zero-order chi connectivity index (χ0) is 17.7. The van der Waals surface area contributed by atoms with Gasteiger partial charge in [0.1, 0.15) is 11.8 Å². The zero-order valence-corrected chi connectivity index (χ0v) is 12.5. The fourth-order valence-electron chi connectivity index (χ4n) is 2.47. The molecule has 6 nitrogen and oxygen atoms in total. The van der Waals surface area contributed by atoms with E-state index < -0.39 is 35.9 Å². The first kappa shape index (κ1) is 18.1. The van der Waals surface area contributed by atoms with Crippen LogP contribution in [-0.4, -0.2) is 42.6 Å². The molecule has 0 spiro atoms. The second-order valence-corrected chi connectivity index (χ2v) is 5.34. The van der Waals surface area contributed by atoms with Crippen LogP contribution in [0.3, 0.4) is 0 Å². The summed E-state index contributed by atoms with van der Waals surface area (Å²) in [6, 6.07) is 3.27. The van der Waals surface area contributed by atoms with Gasteiger partial charge in [0.2, 0.25) is 0 Å². The maximum Gasteiger partial charge on any atom is 0.573 e. The lowest BCUT2D eigenvalue weighted by atomic mass is 9.93. The number of halogens is 3. The molecule has 132 valence electrons. The van der Waals surface area contributed by atoms with E-state index in [1.165, 1.54) is 12.1 Å². The minimum absolute atomic E-state index is 0.125. The summed E-state index contributed by atoms with van der Waals surface area (Å²) in [6.07, 6.45) is -3.62. The molecule has 2 N–H and O–H groups in total. The molecule has 0 aliphatic carbocycles. The number of carboxylic acids is 1. The van der Waals surface area contributed by atoms with Gasteiger partial charge in [0, 0.05) is 18.1 Å². The smallest absolute Gasteiger partial charge is 0.480 e. The number of aliphatic carboxylic acids is 1. The number of alkyl halides is 3. The van der Waals surface area contributed by atoms with Crippen molar-refractivity contribution in [2.24, 2.45) is 5.92 Å². The molecule has 1 heterocycles. The number of rotatable bonds is 5. The Labute approximate surface area is 135 Å². The van der Waals surface area contributed by atoms with Crippen molar-refractivity contribution < 1.29 is 37.3 Å². The van der Waals surface area contributed by atoms with E-state index in [-0.39, 0.29) is 12.2 Å². The molecule has 0 aromatic heterocycles. The van der Waals surface area contributed by atoms with Crippen LogP contribution in [-0.2, 0) is 9.53 Å². The number of hydrogen-bond acceptors (Lipinski definition) is 4. The van der Waals surface area contributed by atoms with Crippen molar-refractivity contribution in [3.05, 3.63) is 29.8 Å². The van der Waals surface area contributed by atoms with Gasteiger partial charge in [-0.15, -0.1) is 13.2 Å². The van der Waals surface area contributed by atoms with E-state index in [0.29, 0.717) is 19.4 Å². The fourth-order valence-corrected chi connectivity index (χ4v) is 2.47. The highest BCUT2D eigenvalue weighted by atomic mass is 19.4. The van der Waals surface area contributed by atoms with Gasteiger partial charge in [-0.05, 0) is 31.0 Å². The van der Waals surface area contributed by atoms with E-state index in [4.69, 9.17) is 4.74 Å². The van der Waals surface area contributed by atoms with Gasteiger partial charge in [-0.1, -0.05) is 6.07 Å². The van der Waals surface area contributed by atoms with Gasteiger partial charge >= 0.3 is 12.3 Å². The molecule has 1 aromatic rings. The summed E-state index contributed by atoms with van der Waals surface area (Å²) in [5.41, 5.74) is -0.125. The topological polar surface area (TPSA) is 84.9 Å². The quantitative estimate of drug-likeness (QED) is 0.853. The Morgan fingerprint density at radius 3 is 2.71 bits per heavy atom. The number of nitrogens with one attached hydrogen (secondary N) is 1. The predicted octanol–water partition coefficient (Wildman–Crippen LogP) is 2.19. The SMILES string of the molecule is O=C(NC(C(=O)O)C1CCCOC1)c1cccc(OC(F)(F)F)c1. The maximum absolute atomic E-state index is 12.2. The monoisotopic (exact) mass is 347 g/mol. The van der Waals surface area contributed by atoms with Crippen molar-refractivity contribution in [2.45, 2.75) is 25.2 Å². The number of hydrogen-bond donors (Lipinski definition) is 2. The average molecular weight is 347 g/mol. The van der Waals surface area contributed by atoms with Crippen molar-refractivity contribution in [1.82, 2.24) is 5.32 Å². The van der Waals surface area contributed by atoms with Crippen LogP contribution in [0.15, 0.2) is 24.3 Å². The molecular formula is C15H16F3NO5. The molecule has 9 heteroatoms. The molecule has 0 radical (unpaired) electrons. The van der Waals surface area contributed by atoms with Gasteiger partial charge < -0.3 is 19.9 Å². The summed E-state index contributed by atoms with van der Waals surface area (Å²) in [5, 5.41) is 11.6. The van der Waals surface area contributed by atoms with E-state index in [2.05, 4.69) is 10.1 Å². The fraction of sp³-hybridized carbons (Fsp3) is 0.467. The van der Waals surface area contributed by atoms with E-state index in [0.717, 1.165) is 12.1 Å². The molecular weight excluding hydrogens is 331 g/mol. The third-order valence-electron chi connectivity index (χ3n) is 3.55. The number of carbonyl (C=O) groups is 2. The van der Waals surface area contributed by atoms with Gasteiger partial charge in [0.05, 0.1) is 6.61 Å². The normalized spacial score (nSPS) is 19.4. The van der Waals surface area contributed by atoms with Crippen LogP contribution in [0.2, 0.25) is 0 Å². The van der Waals surface area contributed by atoms with Crippen molar-refractivity contribution in [1.29, 1.82) is 0 Å². The first-order valence-electron chi connectivity index (χ1n) is 7.23. The number of carboxylic acid groups (broad SMARTS) is 1. The van der Waals surface area contributed by atoms with Gasteiger partial charge in [-0.2, -0.15) is 0 Å². The molecule has 1 aromatic carbocycles. The number of carbonyl (C=O) groups excluding carboxylic acids is 1. The largest absolute Gasteiger partial charge is 0.573 e. The van der Waals surface area contributed by atoms with Crippen LogP contribution < -0.4 is 10.1 Å². The molecule has 1 saturated heterocycles. The molecule has 2 unspecified atom stereocenters. The van der Waals surface area contributed by atoms with E-state index in [9.17, 15) is 27.9 Å². The van der Waals surface area contributed by atoms with Crippen molar-refractivity contribution in [3.63, 3.8) is 0 Å². The van der Waals surface area contributed by atoms with Gasteiger partial charge in [-0.3, -0.25) is 4.79 Å². The van der Waals surface area contributed by atoms with Gasteiger partial charge in [-0.25, -0.2) is 4.79 Å². The summed E-state index contributed by atoms with van der Waals surface area (Å²) in [5.74, 6) is -2.96. The summed E-state index contributed by atoms with van der Waals surface area (Å²) in [7, 11) is 0. The first-order valence-corrected chi connectivity index (χ1v) is 7.23. The molecule has 0 saturated carbocycles. The summed E-state index contributed by atoms with van der Waals surface area (Å²) < 4.78 is 45.6. The highest BCUT2D eigenvalue weighted by molar-refractivity contribution is 5.97. The molecule has 1 amide bonds. The molecule has 1 aliphatic rings. The second-order valence-electron chi connectivity index (χ2n) is 5.34. The summed E-state index contributed by atoms with van der Waals surface area (Å²) >= 11 is 0. The third-order valence-corrected chi connectivity index (χ3v) is 3.55. The highest BCUT2D eigenvalue weighted by Gasteiger charge is 2.33. The average Bonchev–Trinajstić information content (AvgIpc) is 2.51. The second kappa shape index (κ2) is 7.52. The van der Waals surface area contributed by atoms with Crippen LogP contribution in [0.4, 0.5) is 13.2 Å². The summed E-state index contributed by atoms with van der Waals surface area (Å²) in [4.78, 5) is 23.5. The van der Waals surface area contributed by atoms with Crippen LogP contribution in [0.5, 0.6) is 5.75 Å². The van der Waals surface area contributed by atoms with Crippen LogP contribution in [0.25, 0.3) is 0 Å². The standard InChI is InChI=1S/C15H16F3NO5/c16-15(17,18)24-11-5-1-3-9(7-11)13(20)19-12(14(21)22)10-4-2-6-23-8-10/h1,3,5,7,10,12H,2,4,6,8H2,(H,19,20)(H,21,22). The van der Waals surface area contributed by atoms with Crippen molar-refractivity contribution in [3.8, 4) is 5.75 Å². The minimum atomic E-state index is -4.88. The summed E-state index contributed by atoms with van der Waals surface area (Å²) in [6.45, 7) is 0.738. The lowest BCUT2D eigenvalue weighted by molar-refractivity contribution is -0.274.